The molecule has 0 N–H and O–H groups in total. The van der Waals surface area contributed by atoms with E-state index < -0.39 is 0 Å². The molecule has 0 unspecified atom stereocenters. The smallest absolute Gasteiger partial charge is 0.131 e. The number of pyridine rings is 1. The Morgan fingerprint density at radius 2 is 1.86 bits per heavy atom. The maximum Gasteiger partial charge on any atom is 0.131 e. The van der Waals surface area contributed by atoms with Crippen molar-refractivity contribution < 1.29 is 4.39 Å². The quantitative estimate of drug-likeness (QED) is 0.589. The highest BCUT2D eigenvalue weighted by Crippen LogP contribution is 2.19. The zero-order valence-corrected chi connectivity index (χ0v) is 13.1. The summed E-state index contributed by atoms with van der Waals surface area (Å²) in [4.78, 5) is 4.56. The maximum atomic E-state index is 13.7. The van der Waals surface area contributed by atoms with Crippen molar-refractivity contribution in [3.8, 4) is 0 Å². The Hall–Kier alpha value is -2.00. The zero-order chi connectivity index (χ0) is 14.8. The van der Waals surface area contributed by atoms with E-state index in [1.165, 1.54) is 11.6 Å². The third kappa shape index (κ3) is 3.19. The molecule has 0 spiro atoms. The first kappa shape index (κ1) is 14.0. The fourth-order valence-corrected chi connectivity index (χ4v) is 2.50. The van der Waals surface area contributed by atoms with E-state index in [1.54, 1.807) is 12.1 Å². The van der Waals surface area contributed by atoms with Crippen LogP contribution in [0.4, 0.5) is 4.39 Å². The molecule has 3 rings (SSSR count). The van der Waals surface area contributed by atoms with E-state index in [0.717, 1.165) is 21.1 Å². The minimum atomic E-state index is -0.253. The van der Waals surface area contributed by atoms with Crippen molar-refractivity contribution in [2.45, 2.75) is 6.92 Å². The number of benzene rings is 2. The van der Waals surface area contributed by atoms with Crippen LogP contribution in [0.2, 0.25) is 0 Å². The van der Waals surface area contributed by atoms with Crippen LogP contribution in [0.5, 0.6) is 0 Å². The van der Waals surface area contributed by atoms with Gasteiger partial charge in [-0.3, -0.25) is 0 Å². The summed E-state index contributed by atoms with van der Waals surface area (Å²) >= 11 is 3.25. The highest BCUT2D eigenvalue weighted by atomic mass is 79.9. The normalized spacial score (nSPS) is 11.4. The molecular formula is C18H13BrFN. The Labute approximate surface area is 131 Å². The van der Waals surface area contributed by atoms with Crippen LogP contribution in [0.25, 0.3) is 23.1 Å². The number of nitrogens with zero attached hydrogens (tertiary/aromatic N) is 1. The summed E-state index contributed by atoms with van der Waals surface area (Å²) in [6.45, 7) is 2.06. The number of fused-ring (bicyclic) bond motifs is 1. The molecule has 0 aliphatic rings. The number of aromatic nitrogens is 1. The van der Waals surface area contributed by atoms with Crippen molar-refractivity contribution in [1.29, 1.82) is 0 Å². The minimum absolute atomic E-state index is 0.253. The number of hydrogen-bond donors (Lipinski definition) is 0. The second-order valence-electron chi connectivity index (χ2n) is 4.93. The van der Waals surface area contributed by atoms with Crippen LogP contribution in [0.15, 0.2) is 53.0 Å². The van der Waals surface area contributed by atoms with Crippen molar-refractivity contribution in [3.63, 3.8) is 0 Å². The Bertz CT molecular complexity index is 840. The topological polar surface area (TPSA) is 12.9 Å². The lowest BCUT2D eigenvalue weighted by molar-refractivity contribution is 0.624. The summed E-state index contributed by atoms with van der Waals surface area (Å²) in [5, 5.41) is 1.11. The van der Waals surface area contributed by atoms with Gasteiger partial charge >= 0.3 is 0 Å². The number of rotatable bonds is 2. The lowest BCUT2D eigenvalue weighted by Crippen LogP contribution is -1.85. The average molecular weight is 342 g/mol. The van der Waals surface area contributed by atoms with Gasteiger partial charge in [0.15, 0.2) is 0 Å². The van der Waals surface area contributed by atoms with Crippen molar-refractivity contribution in [3.05, 3.63) is 75.6 Å². The molecule has 0 amide bonds. The molecule has 3 heteroatoms. The van der Waals surface area contributed by atoms with Crippen LogP contribution in [0.1, 0.15) is 16.8 Å². The molecule has 2 aromatic carbocycles. The van der Waals surface area contributed by atoms with Gasteiger partial charge in [0.25, 0.3) is 0 Å². The molecule has 0 aliphatic carbocycles. The highest BCUT2D eigenvalue weighted by Gasteiger charge is 2.00. The molecular weight excluding hydrogens is 329 g/mol. The van der Waals surface area contributed by atoms with Gasteiger partial charge in [0.1, 0.15) is 5.82 Å². The third-order valence-electron chi connectivity index (χ3n) is 3.26. The van der Waals surface area contributed by atoms with E-state index in [2.05, 4.69) is 33.9 Å². The van der Waals surface area contributed by atoms with Gasteiger partial charge < -0.3 is 0 Å². The predicted octanol–water partition coefficient (Wildman–Crippen LogP) is 5.62. The maximum absolute atomic E-state index is 13.7. The van der Waals surface area contributed by atoms with Gasteiger partial charge in [0.2, 0.25) is 0 Å². The van der Waals surface area contributed by atoms with Crippen molar-refractivity contribution in [1.82, 2.24) is 4.98 Å². The molecule has 0 radical (unpaired) electrons. The zero-order valence-electron chi connectivity index (χ0n) is 11.5. The van der Waals surface area contributed by atoms with Crippen molar-refractivity contribution >= 4 is 39.0 Å². The van der Waals surface area contributed by atoms with Crippen molar-refractivity contribution in [2.24, 2.45) is 0 Å². The van der Waals surface area contributed by atoms with Gasteiger partial charge in [0.05, 0.1) is 11.2 Å². The molecule has 1 aromatic heterocycles. The fraction of sp³-hybridized carbons (Fsp3) is 0.0556. The van der Waals surface area contributed by atoms with E-state index in [9.17, 15) is 4.39 Å². The third-order valence-corrected chi connectivity index (χ3v) is 3.76. The largest absolute Gasteiger partial charge is 0.248 e. The van der Waals surface area contributed by atoms with Crippen LogP contribution in [0, 0.1) is 12.7 Å². The fourth-order valence-electron chi connectivity index (χ4n) is 2.17. The van der Waals surface area contributed by atoms with Gasteiger partial charge in [-0.05, 0) is 49.4 Å². The van der Waals surface area contributed by atoms with Crippen LogP contribution in [-0.2, 0) is 0 Å². The first-order valence-corrected chi connectivity index (χ1v) is 7.42. The molecule has 1 heterocycles. The summed E-state index contributed by atoms with van der Waals surface area (Å²) in [5.41, 5.74) is 3.52. The van der Waals surface area contributed by atoms with E-state index in [4.69, 9.17) is 0 Å². The van der Waals surface area contributed by atoms with Gasteiger partial charge in [0, 0.05) is 15.4 Å². The predicted molar refractivity (Wildman–Crippen MR) is 89.5 cm³/mol. The SMILES string of the molecule is Cc1ccc2nc(/C=C/c3ccc(Br)cc3F)ccc2c1. The molecule has 0 fully saturated rings. The van der Waals surface area contributed by atoms with Gasteiger partial charge in [-0.2, -0.15) is 0 Å². The second kappa shape index (κ2) is 5.78. The van der Waals surface area contributed by atoms with E-state index >= 15 is 0 Å². The number of hydrogen-bond acceptors (Lipinski definition) is 1. The van der Waals surface area contributed by atoms with Crippen LogP contribution in [-0.4, -0.2) is 4.98 Å². The monoisotopic (exact) mass is 341 g/mol. The highest BCUT2D eigenvalue weighted by molar-refractivity contribution is 9.10. The molecule has 21 heavy (non-hydrogen) atoms. The average Bonchev–Trinajstić information content (AvgIpc) is 2.46. The van der Waals surface area contributed by atoms with E-state index in [1.807, 2.05) is 36.4 Å². The molecule has 104 valence electrons. The molecule has 0 atom stereocenters. The number of aryl methyl sites for hydroxylation is 1. The van der Waals surface area contributed by atoms with E-state index in [0.29, 0.717) is 5.56 Å². The van der Waals surface area contributed by atoms with Gasteiger partial charge in [-0.15, -0.1) is 0 Å². The first-order chi connectivity index (χ1) is 10.1. The molecule has 3 aromatic rings. The Balaban J connectivity index is 1.93. The lowest BCUT2D eigenvalue weighted by atomic mass is 10.1. The first-order valence-electron chi connectivity index (χ1n) is 6.62. The molecule has 0 bridgehead atoms. The number of halogens is 2. The van der Waals surface area contributed by atoms with Gasteiger partial charge in [-0.1, -0.05) is 39.7 Å². The summed E-state index contributed by atoms with van der Waals surface area (Å²) in [6.07, 6.45) is 3.57. The minimum Gasteiger partial charge on any atom is -0.248 e. The molecule has 0 saturated carbocycles. The summed E-state index contributed by atoms with van der Waals surface area (Å²) in [6, 6.07) is 15.1. The van der Waals surface area contributed by atoms with Crippen LogP contribution >= 0.6 is 15.9 Å². The Kier molecular flexibility index (Phi) is 3.84. The molecule has 0 aliphatic heterocycles. The lowest BCUT2D eigenvalue weighted by Gasteiger charge is -2.01. The molecule has 1 nitrogen and oxygen atoms in total. The van der Waals surface area contributed by atoms with Gasteiger partial charge in [-0.25, -0.2) is 9.37 Å². The summed E-state index contributed by atoms with van der Waals surface area (Å²) in [7, 11) is 0. The Morgan fingerprint density at radius 1 is 1.00 bits per heavy atom. The van der Waals surface area contributed by atoms with E-state index in [-0.39, 0.29) is 5.82 Å². The Morgan fingerprint density at radius 3 is 2.67 bits per heavy atom. The second-order valence-corrected chi connectivity index (χ2v) is 5.85. The summed E-state index contributed by atoms with van der Waals surface area (Å²) < 4.78 is 14.5. The standard InChI is InChI=1S/C18H13BrFN/c1-12-2-9-18-14(10-12)5-8-16(21-18)7-4-13-3-6-15(19)11-17(13)20/h2-11H,1H3/b7-4+. The van der Waals surface area contributed by atoms with Crippen LogP contribution in [0.3, 0.4) is 0 Å². The van der Waals surface area contributed by atoms with Crippen LogP contribution < -0.4 is 0 Å². The summed E-state index contributed by atoms with van der Waals surface area (Å²) in [5.74, 6) is -0.253. The molecule has 0 saturated heterocycles. The van der Waals surface area contributed by atoms with Crippen molar-refractivity contribution in [2.75, 3.05) is 0 Å².